The van der Waals surface area contributed by atoms with Gasteiger partial charge in [0.1, 0.15) is 17.5 Å². The highest BCUT2D eigenvalue weighted by Crippen LogP contribution is 2.22. The van der Waals surface area contributed by atoms with E-state index in [9.17, 15) is 14.4 Å². The summed E-state index contributed by atoms with van der Waals surface area (Å²) in [7, 11) is 0. The number of amides is 2. The molecule has 0 fully saturated rings. The second-order valence-corrected chi connectivity index (χ2v) is 8.92. The van der Waals surface area contributed by atoms with E-state index in [1.54, 1.807) is 23.6 Å². The lowest BCUT2D eigenvalue weighted by Gasteiger charge is -2.17. The van der Waals surface area contributed by atoms with Crippen LogP contribution in [0.15, 0.2) is 82.7 Å². The molecule has 36 heavy (non-hydrogen) atoms. The quantitative estimate of drug-likeness (QED) is 0.271. The Labute approximate surface area is 212 Å². The number of rotatable bonds is 11. The number of oxazole rings is 1. The molecule has 2 heterocycles. The maximum atomic E-state index is 12.8. The van der Waals surface area contributed by atoms with E-state index >= 15 is 0 Å². The number of aromatic nitrogens is 1. The van der Waals surface area contributed by atoms with E-state index in [0.717, 1.165) is 5.56 Å². The minimum Gasteiger partial charge on any atom is -0.457 e. The lowest BCUT2D eigenvalue weighted by atomic mass is 10.1. The molecule has 184 valence electrons. The summed E-state index contributed by atoms with van der Waals surface area (Å²) in [6.45, 7) is 1.92. The van der Waals surface area contributed by atoms with Crippen LogP contribution < -0.4 is 15.4 Å². The lowest BCUT2D eigenvalue weighted by Crippen LogP contribution is -2.44. The van der Waals surface area contributed by atoms with Crippen molar-refractivity contribution in [2.24, 2.45) is 0 Å². The van der Waals surface area contributed by atoms with Crippen LogP contribution in [0.5, 0.6) is 11.5 Å². The first-order valence-corrected chi connectivity index (χ1v) is 12.4. The number of nitrogens with one attached hydrogen (secondary N) is 2. The zero-order valence-electron chi connectivity index (χ0n) is 19.6. The minimum atomic E-state index is -0.783. The Bertz CT molecular complexity index is 1320. The second kappa shape index (κ2) is 11.9. The first-order valence-electron chi connectivity index (χ1n) is 11.5. The van der Waals surface area contributed by atoms with Crippen molar-refractivity contribution < 1.29 is 23.5 Å². The van der Waals surface area contributed by atoms with Gasteiger partial charge in [-0.05, 0) is 47.7 Å². The first-order chi connectivity index (χ1) is 17.5. The summed E-state index contributed by atoms with van der Waals surface area (Å²) in [5.41, 5.74) is 0.751. The third kappa shape index (κ3) is 6.67. The Morgan fingerprint density at radius 1 is 1.03 bits per heavy atom. The third-order valence-corrected chi connectivity index (χ3v) is 6.04. The number of ketones is 1. The maximum absolute atomic E-state index is 12.8. The molecular weight excluding hydrogens is 478 g/mol. The highest BCUT2D eigenvalue weighted by atomic mass is 32.1. The summed E-state index contributed by atoms with van der Waals surface area (Å²) >= 11 is 1.29. The molecule has 8 nitrogen and oxygen atoms in total. The molecule has 0 radical (unpaired) electrons. The summed E-state index contributed by atoms with van der Waals surface area (Å²) in [5, 5.41) is 7.12. The molecule has 0 saturated heterocycles. The standard InChI is InChI=1S/C27H25N3O5S/c1-2-8-21(26(33)30-27-28-17-22(35-27)25(32)23-13-7-14-36-23)29-24(31)16-18-9-6-12-20(15-18)34-19-10-4-3-5-11-19/h3-7,9-15,17,21H,2,8,16H2,1H3,(H,29,31)(H,28,30,33). The summed E-state index contributed by atoms with van der Waals surface area (Å²) in [6.07, 6.45) is 2.45. The fourth-order valence-corrected chi connectivity index (χ4v) is 4.16. The van der Waals surface area contributed by atoms with Gasteiger partial charge in [0.25, 0.3) is 5.91 Å². The van der Waals surface area contributed by atoms with Crippen molar-refractivity contribution in [3.8, 4) is 11.5 Å². The number of thiophene rings is 1. The van der Waals surface area contributed by atoms with Crippen LogP contribution in [0.4, 0.5) is 6.01 Å². The molecular formula is C27H25N3O5S. The van der Waals surface area contributed by atoms with E-state index in [1.165, 1.54) is 17.5 Å². The van der Waals surface area contributed by atoms with Gasteiger partial charge in [-0.25, -0.2) is 4.98 Å². The Kier molecular flexibility index (Phi) is 8.25. The molecule has 9 heteroatoms. The largest absolute Gasteiger partial charge is 0.457 e. The van der Waals surface area contributed by atoms with Crippen molar-refractivity contribution in [2.75, 3.05) is 5.32 Å². The third-order valence-electron chi connectivity index (χ3n) is 5.18. The predicted octanol–water partition coefficient (Wildman–Crippen LogP) is 5.23. The van der Waals surface area contributed by atoms with Crippen LogP contribution >= 0.6 is 11.3 Å². The number of hydrogen-bond donors (Lipinski definition) is 2. The molecule has 0 spiro atoms. The van der Waals surface area contributed by atoms with Gasteiger partial charge in [-0.1, -0.05) is 49.7 Å². The van der Waals surface area contributed by atoms with Crippen molar-refractivity contribution in [1.29, 1.82) is 0 Å². The average molecular weight is 504 g/mol. The molecule has 0 aliphatic heterocycles. The summed E-state index contributed by atoms with van der Waals surface area (Å²) in [5.74, 6) is 0.262. The van der Waals surface area contributed by atoms with Crippen LogP contribution in [0.3, 0.4) is 0 Å². The predicted molar refractivity (Wildman–Crippen MR) is 136 cm³/mol. The van der Waals surface area contributed by atoms with Gasteiger partial charge in [-0.15, -0.1) is 11.3 Å². The monoisotopic (exact) mass is 503 g/mol. The molecule has 2 aromatic heterocycles. The average Bonchev–Trinajstić information content (AvgIpc) is 3.57. The van der Waals surface area contributed by atoms with Gasteiger partial charge in [0.2, 0.25) is 11.7 Å². The van der Waals surface area contributed by atoms with Gasteiger partial charge in [0.15, 0.2) is 5.76 Å². The van der Waals surface area contributed by atoms with E-state index in [4.69, 9.17) is 9.15 Å². The van der Waals surface area contributed by atoms with Crippen molar-refractivity contribution in [2.45, 2.75) is 32.2 Å². The van der Waals surface area contributed by atoms with E-state index < -0.39 is 11.9 Å². The molecule has 2 amide bonds. The van der Waals surface area contributed by atoms with Gasteiger partial charge in [-0.3, -0.25) is 19.7 Å². The van der Waals surface area contributed by atoms with E-state index in [0.29, 0.717) is 29.2 Å². The number of para-hydroxylation sites is 1. The molecule has 2 aromatic carbocycles. The van der Waals surface area contributed by atoms with Crippen molar-refractivity contribution in [1.82, 2.24) is 10.3 Å². The molecule has 0 aliphatic carbocycles. The number of carbonyl (C=O) groups is 3. The van der Waals surface area contributed by atoms with E-state index in [2.05, 4.69) is 15.6 Å². The van der Waals surface area contributed by atoms with Crippen LogP contribution in [0.25, 0.3) is 0 Å². The SMILES string of the molecule is CCCC(NC(=O)Cc1cccc(Oc2ccccc2)c1)C(=O)Nc1ncc(C(=O)c2cccs2)o1. The molecule has 0 saturated carbocycles. The molecule has 4 aromatic rings. The number of ether oxygens (including phenoxy) is 1. The fraction of sp³-hybridized carbons (Fsp3) is 0.185. The normalized spacial score (nSPS) is 11.5. The van der Waals surface area contributed by atoms with Crippen LogP contribution in [0.1, 0.15) is 40.8 Å². The summed E-state index contributed by atoms with van der Waals surface area (Å²) < 4.78 is 11.2. The number of anilines is 1. The van der Waals surface area contributed by atoms with Gasteiger partial charge in [0.05, 0.1) is 17.5 Å². The molecule has 1 unspecified atom stereocenters. The van der Waals surface area contributed by atoms with E-state index in [-0.39, 0.29) is 29.9 Å². The van der Waals surface area contributed by atoms with Crippen molar-refractivity contribution in [3.05, 3.63) is 94.5 Å². The molecule has 1 atom stereocenters. The molecule has 2 N–H and O–H groups in total. The number of carbonyl (C=O) groups excluding carboxylic acids is 3. The lowest BCUT2D eigenvalue weighted by molar-refractivity contribution is -0.126. The highest BCUT2D eigenvalue weighted by molar-refractivity contribution is 7.12. The highest BCUT2D eigenvalue weighted by Gasteiger charge is 2.23. The summed E-state index contributed by atoms with van der Waals surface area (Å²) in [6, 6.07) is 19.2. The number of nitrogens with zero attached hydrogens (tertiary/aromatic N) is 1. The molecule has 4 rings (SSSR count). The smallest absolute Gasteiger partial charge is 0.302 e. The number of benzene rings is 2. The Hall–Kier alpha value is -4.24. The summed E-state index contributed by atoms with van der Waals surface area (Å²) in [4.78, 5) is 42.4. The zero-order chi connectivity index (χ0) is 25.3. The maximum Gasteiger partial charge on any atom is 0.302 e. The van der Waals surface area contributed by atoms with Gasteiger partial charge in [-0.2, -0.15) is 0 Å². The fourth-order valence-electron chi connectivity index (χ4n) is 3.49. The Morgan fingerprint density at radius 3 is 2.58 bits per heavy atom. The van der Waals surface area contributed by atoms with E-state index in [1.807, 2.05) is 55.5 Å². The Balaban J connectivity index is 1.35. The van der Waals surface area contributed by atoms with Crippen LogP contribution in [0, 0.1) is 0 Å². The number of hydrogen-bond acceptors (Lipinski definition) is 7. The zero-order valence-corrected chi connectivity index (χ0v) is 20.4. The van der Waals surface area contributed by atoms with Crippen LogP contribution in [0.2, 0.25) is 0 Å². The van der Waals surface area contributed by atoms with Crippen molar-refractivity contribution >= 4 is 34.9 Å². The minimum absolute atomic E-state index is 0.0291. The first kappa shape index (κ1) is 24.9. The van der Waals surface area contributed by atoms with Crippen LogP contribution in [-0.2, 0) is 16.0 Å². The van der Waals surface area contributed by atoms with Gasteiger partial charge in [0, 0.05) is 0 Å². The molecule has 0 aliphatic rings. The van der Waals surface area contributed by atoms with Crippen molar-refractivity contribution in [3.63, 3.8) is 0 Å². The molecule has 0 bridgehead atoms. The topological polar surface area (TPSA) is 111 Å². The Morgan fingerprint density at radius 2 is 1.83 bits per heavy atom. The second-order valence-electron chi connectivity index (χ2n) is 7.97. The van der Waals surface area contributed by atoms with Crippen LogP contribution in [-0.4, -0.2) is 28.6 Å². The van der Waals surface area contributed by atoms with Gasteiger partial charge < -0.3 is 14.5 Å². The van der Waals surface area contributed by atoms with Gasteiger partial charge >= 0.3 is 6.01 Å².